The Kier molecular flexibility index (Phi) is 6.98. The minimum atomic E-state index is 0.867. The van der Waals surface area contributed by atoms with Crippen molar-refractivity contribution in [3.05, 3.63) is 212 Å². The maximum atomic E-state index is 6.65. The van der Waals surface area contributed by atoms with Crippen LogP contribution in [0.3, 0.4) is 0 Å². The summed E-state index contributed by atoms with van der Waals surface area (Å²) in [6, 6.07) is 76.6. The standard InChI is InChI=1S/C56H35N3O/c1-3-15-40(16-4-1)57-49-23-10-7-20-43(49)46-33-37(26-29-52(46)57)38-27-30-53-47(34-38)44-21-8-11-24-50(44)58(53)42-19-13-14-36(32-42)39-28-31-54-48(35-39)55-45-22-9-12-25-51(45)59(56(55)60-54)41-17-5-2-6-18-41/h1-35H. The Morgan fingerprint density at radius 3 is 1.32 bits per heavy atom. The first kappa shape index (κ1) is 32.9. The van der Waals surface area contributed by atoms with Crippen LogP contribution in [0.2, 0.25) is 0 Å². The number of benzene rings is 9. The lowest BCUT2D eigenvalue weighted by Crippen LogP contribution is -1.94. The van der Waals surface area contributed by atoms with Gasteiger partial charge in [0.25, 0.3) is 0 Å². The second-order valence-electron chi connectivity index (χ2n) is 15.7. The number of hydrogen-bond donors (Lipinski definition) is 0. The predicted octanol–water partition coefficient (Wildman–Crippen LogP) is 15.1. The van der Waals surface area contributed by atoms with Gasteiger partial charge in [0.05, 0.1) is 33.0 Å². The molecule has 13 aromatic rings. The highest BCUT2D eigenvalue weighted by Crippen LogP contribution is 2.42. The van der Waals surface area contributed by atoms with E-state index in [1.54, 1.807) is 0 Å². The van der Waals surface area contributed by atoms with Crippen molar-refractivity contribution in [3.63, 3.8) is 0 Å². The Balaban J connectivity index is 0.939. The second kappa shape index (κ2) is 12.7. The molecule has 4 heteroatoms. The minimum Gasteiger partial charge on any atom is -0.439 e. The van der Waals surface area contributed by atoms with Crippen LogP contribution in [0.1, 0.15) is 0 Å². The average molecular weight is 766 g/mol. The van der Waals surface area contributed by atoms with Gasteiger partial charge in [0.15, 0.2) is 0 Å². The number of para-hydroxylation sites is 5. The lowest BCUT2D eigenvalue weighted by molar-refractivity contribution is 0.645. The molecule has 0 unspecified atom stereocenters. The Bertz CT molecular complexity index is 3820. The van der Waals surface area contributed by atoms with Crippen LogP contribution in [0, 0.1) is 0 Å². The molecular formula is C56H35N3O. The SMILES string of the molecule is c1ccc(-n2c3ccccc3c3cc(-c4ccc5c(c4)c4ccccc4n5-c4cccc(-c5ccc6oc7c(c6c5)c5ccccc5n7-c5ccccc5)c4)ccc32)cc1. The van der Waals surface area contributed by atoms with E-state index in [-0.39, 0.29) is 0 Å². The van der Waals surface area contributed by atoms with Gasteiger partial charge in [-0.15, -0.1) is 0 Å². The summed E-state index contributed by atoms with van der Waals surface area (Å²) < 4.78 is 13.7. The third-order valence-corrected chi connectivity index (χ3v) is 12.4. The van der Waals surface area contributed by atoms with E-state index in [1.807, 2.05) is 0 Å². The van der Waals surface area contributed by atoms with Gasteiger partial charge in [0.2, 0.25) is 5.71 Å². The predicted molar refractivity (Wildman–Crippen MR) is 250 cm³/mol. The van der Waals surface area contributed by atoms with Gasteiger partial charge in [-0.25, -0.2) is 0 Å². The molecule has 0 aliphatic heterocycles. The Morgan fingerprint density at radius 1 is 0.267 bits per heavy atom. The van der Waals surface area contributed by atoms with Crippen LogP contribution in [0.4, 0.5) is 0 Å². The summed E-state index contributed by atoms with van der Waals surface area (Å²) in [5.74, 6) is 0. The lowest BCUT2D eigenvalue weighted by atomic mass is 10.0. The third kappa shape index (κ3) is 4.79. The highest BCUT2D eigenvalue weighted by atomic mass is 16.3. The molecule has 4 aromatic heterocycles. The molecule has 0 spiro atoms. The maximum Gasteiger partial charge on any atom is 0.213 e. The molecule has 9 aromatic carbocycles. The quantitative estimate of drug-likeness (QED) is 0.171. The molecule has 0 amide bonds. The third-order valence-electron chi connectivity index (χ3n) is 12.4. The normalized spacial score (nSPS) is 12.0. The number of nitrogens with zero attached hydrogens (tertiary/aromatic N) is 3. The zero-order chi connectivity index (χ0) is 39.3. The van der Waals surface area contributed by atoms with Crippen molar-refractivity contribution in [1.29, 1.82) is 0 Å². The monoisotopic (exact) mass is 765 g/mol. The number of hydrogen-bond acceptors (Lipinski definition) is 1. The molecule has 0 bridgehead atoms. The molecule has 0 saturated carbocycles. The second-order valence-corrected chi connectivity index (χ2v) is 15.7. The van der Waals surface area contributed by atoms with Crippen LogP contribution in [-0.2, 0) is 0 Å². The topological polar surface area (TPSA) is 27.9 Å². The molecule has 0 aliphatic carbocycles. The first-order valence-electron chi connectivity index (χ1n) is 20.5. The van der Waals surface area contributed by atoms with Gasteiger partial charge < -0.3 is 13.6 Å². The van der Waals surface area contributed by atoms with Crippen LogP contribution in [0.25, 0.3) is 116 Å². The Labute approximate surface area is 345 Å². The number of rotatable bonds is 5. The fourth-order valence-electron chi connectivity index (χ4n) is 9.77. The van der Waals surface area contributed by atoms with Gasteiger partial charge in [0.1, 0.15) is 5.58 Å². The first-order valence-corrected chi connectivity index (χ1v) is 20.5. The molecule has 13 rings (SSSR count). The van der Waals surface area contributed by atoms with Gasteiger partial charge in [-0.2, -0.15) is 0 Å². The summed E-state index contributed by atoms with van der Waals surface area (Å²) in [5.41, 5.74) is 15.8. The summed E-state index contributed by atoms with van der Waals surface area (Å²) in [7, 11) is 0. The zero-order valence-corrected chi connectivity index (χ0v) is 32.5. The van der Waals surface area contributed by atoms with Crippen molar-refractivity contribution in [1.82, 2.24) is 13.7 Å². The van der Waals surface area contributed by atoms with Crippen LogP contribution in [-0.4, -0.2) is 13.7 Å². The van der Waals surface area contributed by atoms with E-state index in [1.165, 1.54) is 65.8 Å². The summed E-state index contributed by atoms with van der Waals surface area (Å²) in [6.07, 6.45) is 0. The van der Waals surface area contributed by atoms with Crippen molar-refractivity contribution in [2.75, 3.05) is 0 Å². The lowest BCUT2D eigenvalue weighted by Gasteiger charge is -2.11. The van der Waals surface area contributed by atoms with Crippen molar-refractivity contribution >= 4 is 76.6 Å². The fraction of sp³-hybridized carbons (Fsp3) is 0. The summed E-state index contributed by atoms with van der Waals surface area (Å²) >= 11 is 0. The molecule has 280 valence electrons. The van der Waals surface area contributed by atoms with Gasteiger partial charge in [-0.1, -0.05) is 121 Å². The van der Waals surface area contributed by atoms with E-state index in [9.17, 15) is 0 Å². The summed E-state index contributed by atoms with van der Waals surface area (Å²) in [5, 5.41) is 8.42. The zero-order valence-electron chi connectivity index (χ0n) is 32.5. The van der Waals surface area contributed by atoms with Crippen molar-refractivity contribution in [2.45, 2.75) is 0 Å². The van der Waals surface area contributed by atoms with E-state index in [0.717, 1.165) is 50.1 Å². The average Bonchev–Trinajstić information content (AvgIpc) is 4.05. The van der Waals surface area contributed by atoms with Crippen molar-refractivity contribution < 1.29 is 4.42 Å². The molecule has 0 atom stereocenters. The molecule has 0 N–H and O–H groups in total. The molecule has 4 heterocycles. The molecule has 0 fully saturated rings. The molecule has 0 radical (unpaired) electrons. The van der Waals surface area contributed by atoms with E-state index in [2.05, 4.69) is 226 Å². The molecule has 0 saturated heterocycles. The van der Waals surface area contributed by atoms with Crippen LogP contribution in [0.15, 0.2) is 217 Å². The van der Waals surface area contributed by atoms with Gasteiger partial charge in [-0.3, -0.25) is 4.57 Å². The summed E-state index contributed by atoms with van der Waals surface area (Å²) in [4.78, 5) is 0. The molecule has 0 aliphatic rings. The minimum absolute atomic E-state index is 0.867. The van der Waals surface area contributed by atoms with E-state index < -0.39 is 0 Å². The Morgan fingerprint density at radius 2 is 0.700 bits per heavy atom. The van der Waals surface area contributed by atoms with Crippen molar-refractivity contribution in [3.8, 4) is 39.3 Å². The van der Waals surface area contributed by atoms with E-state index in [0.29, 0.717) is 0 Å². The molecule has 60 heavy (non-hydrogen) atoms. The highest BCUT2D eigenvalue weighted by molar-refractivity contribution is 6.20. The maximum absolute atomic E-state index is 6.65. The van der Waals surface area contributed by atoms with Crippen LogP contribution in [0.5, 0.6) is 0 Å². The largest absolute Gasteiger partial charge is 0.439 e. The molecule has 4 nitrogen and oxygen atoms in total. The smallest absolute Gasteiger partial charge is 0.213 e. The molecular weight excluding hydrogens is 731 g/mol. The highest BCUT2D eigenvalue weighted by Gasteiger charge is 2.21. The van der Waals surface area contributed by atoms with Gasteiger partial charge in [0, 0.05) is 49.4 Å². The number of fused-ring (bicyclic) bond motifs is 11. The van der Waals surface area contributed by atoms with E-state index in [4.69, 9.17) is 4.42 Å². The van der Waals surface area contributed by atoms with Gasteiger partial charge >= 0.3 is 0 Å². The fourth-order valence-corrected chi connectivity index (χ4v) is 9.77. The van der Waals surface area contributed by atoms with Gasteiger partial charge in [-0.05, 0) is 113 Å². The van der Waals surface area contributed by atoms with Crippen LogP contribution >= 0.6 is 0 Å². The van der Waals surface area contributed by atoms with Crippen LogP contribution < -0.4 is 0 Å². The van der Waals surface area contributed by atoms with E-state index >= 15 is 0 Å². The first-order chi connectivity index (χ1) is 29.8. The summed E-state index contributed by atoms with van der Waals surface area (Å²) in [6.45, 7) is 0. The van der Waals surface area contributed by atoms with Crippen molar-refractivity contribution in [2.24, 2.45) is 0 Å². The number of aromatic nitrogens is 3. The number of furan rings is 1. The Hall–Kier alpha value is -8.08.